The minimum atomic E-state index is 0. The van der Waals surface area contributed by atoms with Gasteiger partial charge in [0.05, 0.1) is 17.8 Å². The van der Waals surface area contributed by atoms with E-state index < -0.39 is 0 Å². The van der Waals surface area contributed by atoms with Gasteiger partial charge in [0.15, 0.2) is 0 Å². The van der Waals surface area contributed by atoms with E-state index >= 15 is 0 Å². The molecule has 0 radical (unpaired) electrons. The van der Waals surface area contributed by atoms with E-state index in [0.717, 1.165) is 47.6 Å². The van der Waals surface area contributed by atoms with Crippen molar-refractivity contribution < 1.29 is 4.74 Å². The second-order valence-electron chi connectivity index (χ2n) is 5.06. The highest BCUT2D eigenvalue weighted by atomic mass is 35.5. The molecule has 23 heavy (non-hydrogen) atoms. The molecule has 1 heterocycles. The summed E-state index contributed by atoms with van der Waals surface area (Å²) < 4.78 is 5.86. The molecule has 0 saturated heterocycles. The Hall–Kier alpha value is -2.33. The van der Waals surface area contributed by atoms with Gasteiger partial charge in [-0.3, -0.25) is 0 Å². The maximum absolute atomic E-state index is 5.86. The number of benzene rings is 2. The number of ether oxygens (including phenoxy) is 1. The molecule has 5 heteroatoms. The first kappa shape index (κ1) is 17.0. The van der Waals surface area contributed by atoms with Crippen molar-refractivity contribution in [3.63, 3.8) is 0 Å². The molecule has 0 aliphatic rings. The number of unbranched alkanes of at least 4 members (excludes halogenated alkanes) is 1. The number of hydrogen-bond acceptors (Lipinski definition) is 4. The minimum absolute atomic E-state index is 0. The van der Waals surface area contributed by atoms with Gasteiger partial charge in [-0.25, -0.2) is 9.97 Å². The molecule has 0 saturated carbocycles. The predicted octanol–water partition coefficient (Wildman–Crippen LogP) is 4.97. The Labute approximate surface area is 142 Å². The molecule has 2 aromatic carbocycles. The predicted molar refractivity (Wildman–Crippen MR) is 96.9 cm³/mol. The van der Waals surface area contributed by atoms with Gasteiger partial charge in [-0.1, -0.05) is 37.6 Å². The molecule has 0 aliphatic heterocycles. The Kier molecular flexibility index (Phi) is 6.18. The number of fused-ring (bicyclic) bond motifs is 1. The van der Waals surface area contributed by atoms with Gasteiger partial charge in [0.25, 0.3) is 0 Å². The second kappa shape index (κ2) is 8.34. The van der Waals surface area contributed by atoms with Crippen molar-refractivity contribution in [2.75, 3.05) is 11.9 Å². The Morgan fingerprint density at radius 1 is 1.00 bits per heavy atom. The van der Waals surface area contributed by atoms with Crippen LogP contribution >= 0.6 is 12.4 Å². The summed E-state index contributed by atoms with van der Waals surface area (Å²) in [4.78, 5) is 8.65. The van der Waals surface area contributed by atoms with Crippen molar-refractivity contribution in [2.24, 2.45) is 0 Å². The Morgan fingerprint density at radius 2 is 1.78 bits per heavy atom. The zero-order valence-corrected chi connectivity index (χ0v) is 13.8. The maximum atomic E-state index is 5.86. The summed E-state index contributed by atoms with van der Waals surface area (Å²) in [5, 5.41) is 4.36. The molecule has 0 aliphatic carbocycles. The summed E-state index contributed by atoms with van der Waals surface area (Å²) >= 11 is 0. The van der Waals surface area contributed by atoms with Gasteiger partial charge in [0.1, 0.15) is 17.9 Å². The average Bonchev–Trinajstić information content (AvgIpc) is 2.57. The largest absolute Gasteiger partial charge is 0.491 e. The van der Waals surface area contributed by atoms with E-state index in [1.54, 1.807) is 6.33 Å². The van der Waals surface area contributed by atoms with E-state index in [-0.39, 0.29) is 12.4 Å². The molecule has 4 nitrogen and oxygen atoms in total. The highest BCUT2D eigenvalue weighted by Crippen LogP contribution is 2.29. The zero-order chi connectivity index (χ0) is 15.2. The number of hydrogen-bond donors (Lipinski definition) is 1. The first-order chi connectivity index (χ1) is 10.9. The quantitative estimate of drug-likeness (QED) is 0.648. The number of aromatic nitrogens is 2. The van der Waals surface area contributed by atoms with Crippen LogP contribution in [0.15, 0.2) is 54.9 Å². The van der Waals surface area contributed by atoms with E-state index in [0.29, 0.717) is 0 Å². The van der Waals surface area contributed by atoms with Crippen LogP contribution in [0.1, 0.15) is 19.8 Å². The Balaban J connectivity index is 0.00000192. The summed E-state index contributed by atoms with van der Waals surface area (Å²) in [7, 11) is 0. The molecule has 0 fully saturated rings. The van der Waals surface area contributed by atoms with Crippen LogP contribution in [-0.2, 0) is 0 Å². The van der Waals surface area contributed by atoms with Crippen LogP contribution in [0.4, 0.5) is 11.5 Å². The molecule has 120 valence electrons. The maximum Gasteiger partial charge on any atom is 0.142 e. The number of nitrogens with zero attached hydrogens (tertiary/aromatic N) is 2. The van der Waals surface area contributed by atoms with Crippen molar-refractivity contribution in [2.45, 2.75) is 19.8 Å². The number of rotatable bonds is 6. The topological polar surface area (TPSA) is 47.0 Å². The number of nitrogens with one attached hydrogen (secondary N) is 1. The summed E-state index contributed by atoms with van der Waals surface area (Å²) in [6, 6.07) is 15.9. The van der Waals surface area contributed by atoms with Gasteiger partial charge in [-0.15, -0.1) is 12.4 Å². The van der Waals surface area contributed by atoms with Gasteiger partial charge in [-0.05, 0) is 30.7 Å². The Bertz CT molecular complexity index is 759. The van der Waals surface area contributed by atoms with E-state index in [2.05, 4.69) is 22.2 Å². The molecule has 1 N–H and O–H groups in total. The monoisotopic (exact) mass is 329 g/mol. The van der Waals surface area contributed by atoms with Crippen LogP contribution in [0.25, 0.3) is 10.9 Å². The van der Waals surface area contributed by atoms with Gasteiger partial charge in [0.2, 0.25) is 0 Å². The van der Waals surface area contributed by atoms with Crippen LogP contribution in [0.5, 0.6) is 5.75 Å². The fraction of sp³-hybridized carbons (Fsp3) is 0.222. The molecule has 0 unspecified atom stereocenters. The zero-order valence-electron chi connectivity index (χ0n) is 13.0. The van der Waals surface area contributed by atoms with Gasteiger partial charge < -0.3 is 10.1 Å². The highest BCUT2D eigenvalue weighted by molar-refractivity contribution is 5.90. The fourth-order valence-corrected chi connectivity index (χ4v) is 2.25. The van der Waals surface area contributed by atoms with Crippen LogP contribution in [-0.4, -0.2) is 16.6 Å². The third-order valence-corrected chi connectivity index (χ3v) is 3.44. The number of para-hydroxylation sites is 3. The average molecular weight is 330 g/mol. The van der Waals surface area contributed by atoms with Crippen molar-refractivity contribution in [1.29, 1.82) is 0 Å². The standard InChI is InChI=1S/C18H19N3O.ClH/c1-2-3-12-22-17-11-7-6-10-16(17)21-18-14-8-4-5-9-15(14)19-13-20-18;/h4-11,13H,2-3,12H2,1H3,(H,19,20,21);1H. The normalized spacial score (nSPS) is 10.1. The van der Waals surface area contributed by atoms with E-state index in [4.69, 9.17) is 4.74 Å². The van der Waals surface area contributed by atoms with Gasteiger partial charge >= 0.3 is 0 Å². The van der Waals surface area contributed by atoms with E-state index in [9.17, 15) is 0 Å². The summed E-state index contributed by atoms with van der Waals surface area (Å²) in [5.41, 5.74) is 1.84. The molecule has 3 aromatic rings. The van der Waals surface area contributed by atoms with Crippen molar-refractivity contribution in [3.05, 3.63) is 54.9 Å². The van der Waals surface area contributed by atoms with Crippen LogP contribution < -0.4 is 10.1 Å². The lowest BCUT2D eigenvalue weighted by Gasteiger charge is -2.13. The molecule has 0 bridgehead atoms. The molecule has 0 spiro atoms. The lowest BCUT2D eigenvalue weighted by atomic mass is 10.2. The van der Waals surface area contributed by atoms with E-state index in [1.165, 1.54) is 0 Å². The summed E-state index contributed by atoms with van der Waals surface area (Å²) in [6.45, 7) is 2.88. The molecule has 3 rings (SSSR count). The second-order valence-corrected chi connectivity index (χ2v) is 5.06. The minimum Gasteiger partial charge on any atom is -0.491 e. The van der Waals surface area contributed by atoms with E-state index in [1.807, 2.05) is 48.5 Å². The molecule has 1 aromatic heterocycles. The molecule has 0 amide bonds. The van der Waals surface area contributed by atoms with Crippen LogP contribution in [0.3, 0.4) is 0 Å². The van der Waals surface area contributed by atoms with Gasteiger partial charge in [0, 0.05) is 5.39 Å². The summed E-state index contributed by atoms with van der Waals surface area (Å²) in [6.07, 6.45) is 3.74. The first-order valence-corrected chi connectivity index (χ1v) is 7.57. The highest BCUT2D eigenvalue weighted by Gasteiger charge is 2.07. The van der Waals surface area contributed by atoms with Gasteiger partial charge in [-0.2, -0.15) is 0 Å². The van der Waals surface area contributed by atoms with Crippen molar-refractivity contribution in [3.8, 4) is 5.75 Å². The lowest BCUT2D eigenvalue weighted by Crippen LogP contribution is -2.01. The fourth-order valence-electron chi connectivity index (χ4n) is 2.25. The summed E-state index contributed by atoms with van der Waals surface area (Å²) in [5.74, 6) is 1.63. The number of anilines is 2. The smallest absolute Gasteiger partial charge is 0.142 e. The first-order valence-electron chi connectivity index (χ1n) is 7.57. The molecular formula is C18H20ClN3O. The van der Waals surface area contributed by atoms with Crippen LogP contribution in [0.2, 0.25) is 0 Å². The third kappa shape index (κ3) is 4.11. The number of halogens is 1. The lowest BCUT2D eigenvalue weighted by molar-refractivity contribution is 0.311. The molecular weight excluding hydrogens is 310 g/mol. The Morgan fingerprint density at radius 3 is 2.65 bits per heavy atom. The third-order valence-electron chi connectivity index (χ3n) is 3.44. The van der Waals surface area contributed by atoms with Crippen molar-refractivity contribution >= 4 is 34.8 Å². The van der Waals surface area contributed by atoms with Crippen molar-refractivity contribution in [1.82, 2.24) is 9.97 Å². The van der Waals surface area contributed by atoms with Crippen LogP contribution in [0, 0.1) is 0 Å². The SMILES string of the molecule is CCCCOc1ccccc1Nc1ncnc2ccccc12.Cl. The molecule has 0 atom stereocenters.